The second-order valence-corrected chi connectivity index (χ2v) is 9.23. The van der Waals surface area contributed by atoms with Gasteiger partial charge < -0.3 is 10.3 Å². The smallest absolute Gasteiger partial charge is 0.230 e. The minimum absolute atomic E-state index is 0.0688. The van der Waals surface area contributed by atoms with Crippen molar-refractivity contribution in [2.75, 3.05) is 5.75 Å². The summed E-state index contributed by atoms with van der Waals surface area (Å²) in [7, 11) is 0. The molecule has 2 heterocycles. The molecule has 0 saturated carbocycles. The summed E-state index contributed by atoms with van der Waals surface area (Å²) in [6, 6.07) is 25.4. The maximum absolute atomic E-state index is 12.7. The van der Waals surface area contributed by atoms with Crippen molar-refractivity contribution in [3.63, 3.8) is 0 Å². The maximum atomic E-state index is 12.7. The second-order valence-electron chi connectivity index (χ2n) is 7.85. The van der Waals surface area contributed by atoms with E-state index in [9.17, 15) is 4.79 Å². The average Bonchev–Trinajstić information content (AvgIpc) is 3.48. The van der Waals surface area contributed by atoms with Gasteiger partial charge in [-0.05, 0) is 42.8 Å². The van der Waals surface area contributed by atoms with Gasteiger partial charge in [0.2, 0.25) is 5.91 Å². The average molecular weight is 488 g/mol. The number of carbonyl (C=O) groups is 1. The molecule has 0 aliphatic heterocycles. The highest BCUT2D eigenvalue weighted by Gasteiger charge is 2.20. The van der Waals surface area contributed by atoms with Crippen LogP contribution in [0.1, 0.15) is 18.5 Å². The number of nitrogens with one attached hydrogen (secondary N) is 2. The summed E-state index contributed by atoms with van der Waals surface area (Å²) < 4.78 is 1.96. The zero-order chi connectivity index (χ0) is 23.5. The molecule has 5 aromatic rings. The number of para-hydroxylation sites is 1. The Balaban J connectivity index is 1.43. The summed E-state index contributed by atoms with van der Waals surface area (Å²) in [6.07, 6.45) is 1.93. The van der Waals surface area contributed by atoms with Gasteiger partial charge in [0, 0.05) is 33.4 Å². The summed E-state index contributed by atoms with van der Waals surface area (Å²) in [5.74, 6) is 0.845. The summed E-state index contributed by atoms with van der Waals surface area (Å²) in [5.41, 5.74) is 3.89. The lowest BCUT2D eigenvalue weighted by Crippen LogP contribution is -2.28. The molecule has 0 aliphatic carbocycles. The predicted octanol–water partition coefficient (Wildman–Crippen LogP) is 6.04. The standard InChI is InChI=1S/C26H22ClN5OS/c1-17(18-7-3-2-4-8-18)29-24(33)16-34-26-31-30-25(32(26)20-13-11-19(27)12-14-20)22-15-28-23-10-6-5-9-21(22)23/h2-15,17,28H,16H2,1H3,(H,29,33). The van der Waals surface area contributed by atoms with Crippen molar-refractivity contribution >= 4 is 40.2 Å². The lowest BCUT2D eigenvalue weighted by molar-refractivity contribution is -0.119. The number of amides is 1. The van der Waals surface area contributed by atoms with Crippen LogP contribution in [0.15, 0.2) is 90.2 Å². The van der Waals surface area contributed by atoms with Crippen LogP contribution in [0.3, 0.4) is 0 Å². The van der Waals surface area contributed by atoms with E-state index in [0.717, 1.165) is 27.7 Å². The normalized spacial score (nSPS) is 12.1. The molecule has 2 aromatic heterocycles. The van der Waals surface area contributed by atoms with Crippen LogP contribution in [0.4, 0.5) is 0 Å². The molecule has 0 spiro atoms. The van der Waals surface area contributed by atoms with Gasteiger partial charge >= 0.3 is 0 Å². The molecule has 1 atom stereocenters. The van der Waals surface area contributed by atoms with Gasteiger partial charge in [-0.3, -0.25) is 9.36 Å². The molecule has 1 unspecified atom stereocenters. The summed E-state index contributed by atoms with van der Waals surface area (Å²) in [4.78, 5) is 16.0. The highest BCUT2D eigenvalue weighted by Crippen LogP contribution is 2.32. The van der Waals surface area contributed by atoms with Gasteiger partial charge in [-0.2, -0.15) is 0 Å². The Kier molecular flexibility index (Phi) is 6.38. The number of hydrogen-bond acceptors (Lipinski definition) is 4. The number of fused-ring (bicyclic) bond motifs is 1. The van der Waals surface area contributed by atoms with Gasteiger partial charge in [0.25, 0.3) is 0 Å². The Bertz CT molecular complexity index is 1430. The number of aromatic amines is 1. The minimum Gasteiger partial charge on any atom is -0.360 e. The van der Waals surface area contributed by atoms with Crippen LogP contribution in [-0.2, 0) is 4.79 Å². The lowest BCUT2D eigenvalue weighted by Gasteiger charge is -2.14. The second kappa shape index (κ2) is 9.75. The summed E-state index contributed by atoms with van der Waals surface area (Å²) in [6.45, 7) is 1.98. The van der Waals surface area contributed by atoms with Crippen LogP contribution < -0.4 is 5.32 Å². The van der Waals surface area contributed by atoms with E-state index >= 15 is 0 Å². The maximum Gasteiger partial charge on any atom is 0.230 e. The fourth-order valence-electron chi connectivity index (χ4n) is 3.86. The van der Waals surface area contributed by atoms with E-state index in [2.05, 4.69) is 20.5 Å². The van der Waals surface area contributed by atoms with Crippen LogP contribution in [0.2, 0.25) is 5.02 Å². The first-order chi connectivity index (χ1) is 16.6. The third kappa shape index (κ3) is 4.58. The Labute approximate surface area is 206 Å². The van der Waals surface area contributed by atoms with E-state index in [1.807, 2.05) is 96.6 Å². The Morgan fingerprint density at radius 1 is 1.03 bits per heavy atom. The van der Waals surface area contributed by atoms with Gasteiger partial charge in [0.15, 0.2) is 11.0 Å². The first kappa shape index (κ1) is 22.3. The number of hydrogen-bond donors (Lipinski definition) is 2. The molecular weight excluding hydrogens is 466 g/mol. The molecular formula is C26H22ClN5OS. The third-order valence-corrected chi connectivity index (χ3v) is 6.74. The van der Waals surface area contributed by atoms with E-state index < -0.39 is 0 Å². The predicted molar refractivity (Wildman–Crippen MR) is 137 cm³/mol. The number of rotatable bonds is 7. The minimum atomic E-state index is -0.0785. The van der Waals surface area contributed by atoms with Crippen molar-refractivity contribution in [1.82, 2.24) is 25.1 Å². The number of thioether (sulfide) groups is 1. The van der Waals surface area contributed by atoms with Crippen molar-refractivity contribution in [2.24, 2.45) is 0 Å². The Morgan fingerprint density at radius 2 is 1.76 bits per heavy atom. The van der Waals surface area contributed by atoms with E-state index in [-0.39, 0.29) is 17.7 Å². The molecule has 0 saturated heterocycles. The van der Waals surface area contributed by atoms with E-state index in [1.54, 1.807) is 0 Å². The van der Waals surface area contributed by atoms with E-state index in [0.29, 0.717) is 16.0 Å². The van der Waals surface area contributed by atoms with Gasteiger partial charge in [-0.25, -0.2) is 0 Å². The fraction of sp³-hybridized carbons (Fsp3) is 0.115. The van der Waals surface area contributed by atoms with Gasteiger partial charge in [0.1, 0.15) is 0 Å². The zero-order valence-corrected chi connectivity index (χ0v) is 20.0. The van der Waals surface area contributed by atoms with Gasteiger partial charge in [-0.1, -0.05) is 71.9 Å². The van der Waals surface area contributed by atoms with Crippen molar-refractivity contribution in [2.45, 2.75) is 18.1 Å². The number of halogens is 1. The van der Waals surface area contributed by atoms with Crippen molar-refractivity contribution in [3.8, 4) is 17.1 Å². The molecule has 1 amide bonds. The van der Waals surface area contributed by atoms with Crippen LogP contribution in [-0.4, -0.2) is 31.4 Å². The molecule has 0 aliphatic rings. The molecule has 0 fully saturated rings. The first-order valence-electron chi connectivity index (χ1n) is 10.8. The molecule has 0 bridgehead atoms. The number of carbonyl (C=O) groups excluding carboxylic acids is 1. The molecule has 2 N–H and O–H groups in total. The monoisotopic (exact) mass is 487 g/mol. The molecule has 8 heteroatoms. The van der Waals surface area contributed by atoms with Gasteiger partial charge in [-0.15, -0.1) is 10.2 Å². The SMILES string of the molecule is CC(NC(=O)CSc1nnc(-c2c[nH]c3ccccc23)n1-c1ccc(Cl)cc1)c1ccccc1. The summed E-state index contributed by atoms with van der Waals surface area (Å²) in [5, 5.41) is 14.3. The molecule has 34 heavy (non-hydrogen) atoms. The molecule has 0 radical (unpaired) electrons. The zero-order valence-electron chi connectivity index (χ0n) is 18.4. The largest absolute Gasteiger partial charge is 0.360 e. The lowest BCUT2D eigenvalue weighted by atomic mass is 10.1. The molecule has 5 rings (SSSR count). The number of nitrogens with zero attached hydrogens (tertiary/aromatic N) is 3. The summed E-state index contributed by atoms with van der Waals surface area (Å²) >= 11 is 7.48. The van der Waals surface area contributed by atoms with E-state index in [1.165, 1.54) is 11.8 Å². The van der Waals surface area contributed by atoms with Crippen molar-refractivity contribution in [1.29, 1.82) is 0 Å². The molecule has 170 valence electrons. The first-order valence-corrected chi connectivity index (χ1v) is 12.2. The van der Waals surface area contributed by atoms with Crippen LogP contribution in [0, 0.1) is 0 Å². The number of aromatic nitrogens is 4. The third-order valence-electron chi connectivity index (χ3n) is 5.56. The highest BCUT2D eigenvalue weighted by atomic mass is 35.5. The number of H-pyrrole nitrogens is 1. The number of benzene rings is 3. The Hall–Kier alpha value is -3.55. The van der Waals surface area contributed by atoms with Crippen molar-refractivity contribution < 1.29 is 4.79 Å². The van der Waals surface area contributed by atoms with Crippen molar-refractivity contribution in [3.05, 3.63) is 95.6 Å². The topological polar surface area (TPSA) is 75.6 Å². The van der Waals surface area contributed by atoms with E-state index in [4.69, 9.17) is 11.6 Å². The fourth-order valence-corrected chi connectivity index (χ4v) is 4.74. The Morgan fingerprint density at radius 3 is 2.56 bits per heavy atom. The highest BCUT2D eigenvalue weighted by molar-refractivity contribution is 7.99. The van der Waals surface area contributed by atoms with Crippen LogP contribution in [0.25, 0.3) is 28.0 Å². The van der Waals surface area contributed by atoms with Crippen LogP contribution >= 0.6 is 23.4 Å². The molecule has 3 aromatic carbocycles. The molecule has 6 nitrogen and oxygen atoms in total. The van der Waals surface area contributed by atoms with Crippen LogP contribution in [0.5, 0.6) is 0 Å². The van der Waals surface area contributed by atoms with Gasteiger partial charge in [0.05, 0.1) is 11.8 Å². The quantitative estimate of drug-likeness (QED) is 0.274.